The normalized spacial score (nSPS) is 14.4. The van der Waals surface area contributed by atoms with E-state index in [1.807, 2.05) is 0 Å². The van der Waals surface area contributed by atoms with E-state index in [0.717, 1.165) is 0 Å². The third kappa shape index (κ3) is 3.97. The first-order valence-corrected chi connectivity index (χ1v) is 9.40. The van der Waals surface area contributed by atoms with Crippen molar-refractivity contribution in [3.05, 3.63) is 60.7 Å². The molecule has 9 heteroatoms. The number of para-hydroxylation sites is 2. The van der Waals surface area contributed by atoms with Gasteiger partial charge in [-0.2, -0.15) is 0 Å². The van der Waals surface area contributed by atoms with Crippen LogP contribution in [0.1, 0.15) is 0 Å². The lowest BCUT2D eigenvalue weighted by atomic mass is 10.3. The van der Waals surface area contributed by atoms with Gasteiger partial charge in [0.2, 0.25) is 5.96 Å². The SMILES string of the molecule is N=C1N(CC(=O)O)CCN1P(=O)(Oc1ccccc1)Oc1ccccc1. The van der Waals surface area contributed by atoms with Gasteiger partial charge in [0.15, 0.2) is 0 Å². The van der Waals surface area contributed by atoms with Gasteiger partial charge in [0, 0.05) is 6.54 Å². The maximum Gasteiger partial charge on any atom is 0.546 e. The average Bonchev–Trinajstić information content (AvgIpc) is 2.97. The van der Waals surface area contributed by atoms with Crippen LogP contribution in [-0.2, 0) is 9.36 Å². The van der Waals surface area contributed by atoms with Crippen LogP contribution in [0.4, 0.5) is 0 Å². The first-order valence-electron chi connectivity index (χ1n) is 7.90. The molecule has 8 nitrogen and oxygen atoms in total. The van der Waals surface area contributed by atoms with Crippen LogP contribution in [0.15, 0.2) is 60.7 Å². The lowest BCUT2D eigenvalue weighted by molar-refractivity contribution is -0.137. The number of guanidine groups is 1. The van der Waals surface area contributed by atoms with Gasteiger partial charge < -0.3 is 19.1 Å². The van der Waals surface area contributed by atoms with Gasteiger partial charge in [-0.25, -0.2) is 9.24 Å². The van der Waals surface area contributed by atoms with Crippen LogP contribution in [0, 0.1) is 5.41 Å². The fourth-order valence-electron chi connectivity index (χ4n) is 2.49. The molecule has 0 radical (unpaired) electrons. The zero-order valence-electron chi connectivity index (χ0n) is 13.8. The highest BCUT2D eigenvalue weighted by atomic mass is 31.2. The summed E-state index contributed by atoms with van der Waals surface area (Å²) in [6.07, 6.45) is 0. The van der Waals surface area contributed by atoms with Crippen LogP contribution in [0.3, 0.4) is 0 Å². The molecule has 0 spiro atoms. The highest BCUT2D eigenvalue weighted by molar-refractivity contribution is 7.52. The molecule has 2 aromatic carbocycles. The predicted octanol–water partition coefficient (Wildman–Crippen LogP) is 2.89. The van der Waals surface area contributed by atoms with Crippen molar-refractivity contribution < 1.29 is 23.5 Å². The van der Waals surface area contributed by atoms with Gasteiger partial charge >= 0.3 is 13.7 Å². The summed E-state index contributed by atoms with van der Waals surface area (Å²) in [5, 5.41) is 17.2. The minimum absolute atomic E-state index is 0.156. The number of nitrogens with zero attached hydrogens (tertiary/aromatic N) is 2. The molecule has 1 heterocycles. The first kappa shape index (κ1) is 17.8. The number of carbonyl (C=O) groups is 1. The van der Waals surface area contributed by atoms with Crippen molar-refractivity contribution in [2.45, 2.75) is 0 Å². The molecule has 0 amide bonds. The zero-order chi connectivity index (χ0) is 18.6. The van der Waals surface area contributed by atoms with Gasteiger partial charge in [0.05, 0.1) is 6.54 Å². The van der Waals surface area contributed by atoms with E-state index in [0.29, 0.717) is 11.5 Å². The lowest BCUT2D eigenvalue weighted by Gasteiger charge is -2.28. The van der Waals surface area contributed by atoms with Crippen molar-refractivity contribution in [2.75, 3.05) is 19.6 Å². The highest BCUT2D eigenvalue weighted by Gasteiger charge is 2.44. The van der Waals surface area contributed by atoms with Crippen molar-refractivity contribution in [1.82, 2.24) is 9.57 Å². The number of hydrogen-bond acceptors (Lipinski definition) is 5. The maximum absolute atomic E-state index is 13.6. The van der Waals surface area contributed by atoms with E-state index in [2.05, 4.69) is 0 Å². The second-order valence-corrected chi connectivity index (χ2v) is 7.32. The Labute approximate surface area is 150 Å². The number of carboxylic acids is 1. The number of aliphatic carboxylic acids is 1. The summed E-state index contributed by atoms with van der Waals surface area (Å²) in [5.41, 5.74) is 0. The number of nitrogens with one attached hydrogen (secondary N) is 1. The van der Waals surface area contributed by atoms with E-state index >= 15 is 0 Å². The van der Waals surface area contributed by atoms with E-state index in [-0.39, 0.29) is 25.6 Å². The monoisotopic (exact) mass is 375 g/mol. The van der Waals surface area contributed by atoms with Gasteiger partial charge in [0.25, 0.3) is 0 Å². The number of carboxylic acid groups (broad SMARTS) is 1. The fourth-order valence-corrected chi connectivity index (χ4v) is 4.20. The molecule has 2 N–H and O–H groups in total. The fraction of sp³-hybridized carbons (Fsp3) is 0.176. The molecule has 0 atom stereocenters. The van der Waals surface area contributed by atoms with Crippen molar-refractivity contribution in [2.24, 2.45) is 0 Å². The molecule has 1 aliphatic rings. The number of hydrogen-bond donors (Lipinski definition) is 2. The van der Waals surface area contributed by atoms with Crippen LogP contribution in [-0.4, -0.2) is 46.2 Å². The largest absolute Gasteiger partial charge is 0.546 e. The highest BCUT2D eigenvalue weighted by Crippen LogP contribution is 2.53. The third-order valence-corrected chi connectivity index (χ3v) is 5.54. The molecule has 0 unspecified atom stereocenters. The van der Waals surface area contributed by atoms with Crippen LogP contribution in [0.25, 0.3) is 0 Å². The molecule has 1 fully saturated rings. The summed E-state index contributed by atoms with van der Waals surface area (Å²) < 4.78 is 26.1. The molecule has 2 aromatic rings. The molecule has 1 saturated heterocycles. The molecule has 3 rings (SSSR count). The topological polar surface area (TPSA) is 103 Å². The minimum Gasteiger partial charge on any atom is -0.480 e. The lowest BCUT2D eigenvalue weighted by Crippen LogP contribution is -2.36. The third-order valence-electron chi connectivity index (χ3n) is 3.68. The van der Waals surface area contributed by atoms with Crippen molar-refractivity contribution in [3.63, 3.8) is 0 Å². The Morgan fingerprint density at radius 1 is 1.00 bits per heavy atom. The van der Waals surface area contributed by atoms with Gasteiger partial charge in [-0.15, -0.1) is 0 Å². The van der Waals surface area contributed by atoms with E-state index < -0.39 is 13.7 Å². The van der Waals surface area contributed by atoms with Gasteiger partial charge in [-0.3, -0.25) is 10.2 Å². The van der Waals surface area contributed by atoms with E-state index in [4.69, 9.17) is 19.6 Å². The maximum atomic E-state index is 13.6. The molecular weight excluding hydrogens is 357 g/mol. The summed E-state index contributed by atoms with van der Waals surface area (Å²) in [7, 11) is -3.97. The standard InChI is InChI=1S/C17H18N3O5P/c18-17-19(13-16(21)22)11-12-20(17)26(23,24-14-7-3-1-4-8-14)25-15-9-5-2-6-10-15/h1-10,18H,11-13H2,(H,21,22). The van der Waals surface area contributed by atoms with Crippen LogP contribution >= 0.6 is 7.75 Å². The smallest absolute Gasteiger partial charge is 0.480 e. The van der Waals surface area contributed by atoms with Crippen LogP contribution < -0.4 is 9.05 Å². The second-order valence-electron chi connectivity index (χ2n) is 5.54. The van der Waals surface area contributed by atoms with E-state index in [9.17, 15) is 9.36 Å². The Morgan fingerprint density at radius 3 is 1.96 bits per heavy atom. The Kier molecular flexibility index (Phi) is 5.14. The van der Waals surface area contributed by atoms with Gasteiger partial charge in [-0.1, -0.05) is 36.4 Å². The van der Waals surface area contributed by atoms with Crippen molar-refractivity contribution >= 4 is 19.7 Å². The van der Waals surface area contributed by atoms with Crippen LogP contribution in [0.2, 0.25) is 0 Å². The Morgan fingerprint density at radius 2 is 1.50 bits per heavy atom. The summed E-state index contributed by atoms with van der Waals surface area (Å²) in [4.78, 5) is 12.3. The quantitative estimate of drug-likeness (QED) is 0.717. The molecular formula is C17H18N3O5P. The molecule has 0 bridgehead atoms. The number of benzene rings is 2. The van der Waals surface area contributed by atoms with E-state index in [1.165, 1.54) is 9.57 Å². The van der Waals surface area contributed by atoms with E-state index in [1.54, 1.807) is 60.7 Å². The predicted molar refractivity (Wildman–Crippen MR) is 95.4 cm³/mol. The summed E-state index contributed by atoms with van der Waals surface area (Å²) >= 11 is 0. The molecule has 136 valence electrons. The molecule has 0 saturated carbocycles. The Balaban J connectivity index is 1.89. The van der Waals surface area contributed by atoms with Gasteiger partial charge in [-0.05, 0) is 24.3 Å². The molecule has 0 aromatic heterocycles. The van der Waals surface area contributed by atoms with Gasteiger partial charge in [0.1, 0.15) is 18.0 Å². The second kappa shape index (κ2) is 7.49. The van der Waals surface area contributed by atoms with Crippen molar-refractivity contribution in [1.29, 1.82) is 5.41 Å². The van der Waals surface area contributed by atoms with Crippen molar-refractivity contribution in [3.8, 4) is 11.5 Å². The first-order chi connectivity index (χ1) is 12.5. The molecule has 26 heavy (non-hydrogen) atoms. The Hall–Kier alpha value is -2.99. The van der Waals surface area contributed by atoms with Crippen LogP contribution in [0.5, 0.6) is 11.5 Å². The summed E-state index contributed by atoms with van der Waals surface area (Å²) in [6, 6.07) is 17.0. The molecule has 1 aliphatic heterocycles. The number of rotatable bonds is 7. The zero-order valence-corrected chi connectivity index (χ0v) is 14.7. The summed E-state index contributed by atoms with van der Waals surface area (Å²) in [5.74, 6) is -0.616. The average molecular weight is 375 g/mol. The molecule has 0 aliphatic carbocycles. The Bertz CT molecular complexity index is 785. The summed E-state index contributed by atoms with van der Waals surface area (Å²) in [6.45, 7) is 0.0422. The minimum atomic E-state index is -3.97.